The fourth-order valence-electron chi connectivity index (χ4n) is 7.35. The second-order valence-electron chi connectivity index (χ2n) is 13.2. The molecular weight excluding hydrogens is 540 g/mol. The number of hydrogen-bond donors (Lipinski definition) is 0. The van der Waals surface area contributed by atoms with Gasteiger partial charge in [-0.25, -0.2) is 0 Å². The predicted octanol–water partition coefficient (Wildman–Crippen LogP) is 11.6. The van der Waals surface area contributed by atoms with Crippen molar-refractivity contribution in [2.75, 3.05) is 0 Å². The third-order valence-electron chi connectivity index (χ3n) is 10.3. The Morgan fingerprint density at radius 1 is 0.311 bits per heavy atom. The van der Waals surface area contributed by atoms with Crippen molar-refractivity contribution in [3.8, 4) is 33.4 Å². The molecule has 9 rings (SSSR count). The van der Waals surface area contributed by atoms with Crippen LogP contribution in [-0.4, -0.2) is 0 Å². The lowest BCUT2D eigenvalue weighted by molar-refractivity contribution is 1.23. The first kappa shape index (κ1) is 29.1. The lowest BCUT2D eigenvalue weighted by Crippen LogP contribution is -1.87. The summed E-state index contributed by atoms with van der Waals surface area (Å²) in [5, 5.41) is 0. The third-order valence-corrected chi connectivity index (χ3v) is 10.3. The largest absolute Gasteiger partial charge is 0.0619 e. The Kier molecular flexibility index (Phi) is 7.54. The maximum atomic E-state index is 2.34. The molecule has 0 bridgehead atoms. The fourth-order valence-corrected chi connectivity index (χ4v) is 7.35. The molecule has 0 amide bonds. The molecule has 0 aromatic heterocycles. The van der Waals surface area contributed by atoms with Gasteiger partial charge in [-0.15, -0.1) is 0 Å². The van der Waals surface area contributed by atoms with Gasteiger partial charge in [0.05, 0.1) is 0 Å². The Balaban J connectivity index is 0.000000108. The molecule has 0 spiro atoms. The van der Waals surface area contributed by atoms with E-state index in [-0.39, 0.29) is 0 Å². The van der Waals surface area contributed by atoms with E-state index in [2.05, 4.69) is 151 Å². The lowest BCUT2D eigenvalue weighted by Gasteiger charge is -2.08. The zero-order valence-electron chi connectivity index (χ0n) is 27.5. The van der Waals surface area contributed by atoms with E-state index in [4.69, 9.17) is 0 Å². The van der Waals surface area contributed by atoms with Crippen LogP contribution < -0.4 is 0 Å². The van der Waals surface area contributed by atoms with Crippen LogP contribution in [0, 0.1) is 41.5 Å². The van der Waals surface area contributed by atoms with E-state index in [1.165, 1.54) is 100 Å². The molecule has 0 unspecified atom stereocenters. The van der Waals surface area contributed by atoms with Gasteiger partial charge in [-0.05, 0) is 161 Å². The van der Waals surface area contributed by atoms with E-state index >= 15 is 0 Å². The van der Waals surface area contributed by atoms with Gasteiger partial charge in [-0.2, -0.15) is 0 Å². The molecule has 0 fully saturated rings. The van der Waals surface area contributed by atoms with Gasteiger partial charge in [-0.3, -0.25) is 0 Å². The molecule has 6 aromatic carbocycles. The van der Waals surface area contributed by atoms with Gasteiger partial charge in [0.2, 0.25) is 0 Å². The van der Waals surface area contributed by atoms with Crippen molar-refractivity contribution in [2.24, 2.45) is 0 Å². The predicted molar refractivity (Wildman–Crippen MR) is 192 cm³/mol. The minimum absolute atomic E-state index is 1.10. The average Bonchev–Trinajstić information content (AvgIpc) is 3.71. The highest BCUT2D eigenvalue weighted by Gasteiger charge is 2.21. The van der Waals surface area contributed by atoms with Crippen molar-refractivity contribution in [3.05, 3.63) is 176 Å². The highest BCUT2D eigenvalue weighted by atomic mass is 14.2. The summed E-state index contributed by atoms with van der Waals surface area (Å²) in [6, 6.07) is 40.0. The summed E-state index contributed by atoms with van der Waals surface area (Å²) in [4.78, 5) is 0. The first-order valence-corrected chi connectivity index (χ1v) is 16.3. The van der Waals surface area contributed by atoms with Gasteiger partial charge in [0.1, 0.15) is 0 Å². The zero-order valence-corrected chi connectivity index (χ0v) is 27.5. The Labute approximate surface area is 269 Å². The van der Waals surface area contributed by atoms with Gasteiger partial charge < -0.3 is 0 Å². The minimum Gasteiger partial charge on any atom is -0.0619 e. The highest BCUT2D eigenvalue weighted by molar-refractivity contribution is 5.80. The van der Waals surface area contributed by atoms with Crippen LogP contribution in [-0.2, 0) is 19.3 Å². The first-order valence-electron chi connectivity index (χ1n) is 16.3. The molecule has 0 saturated heterocycles. The minimum atomic E-state index is 1.10. The normalized spacial score (nSPS) is 12.4. The molecule has 3 aliphatic rings. The number of hydrogen-bond acceptors (Lipinski definition) is 0. The van der Waals surface area contributed by atoms with Crippen LogP contribution in [0.3, 0.4) is 0 Å². The Bertz CT molecular complexity index is 1990. The summed E-state index contributed by atoms with van der Waals surface area (Å²) in [6.45, 7) is 13.2. The van der Waals surface area contributed by atoms with Crippen LogP contribution in [0.5, 0.6) is 0 Å². The zero-order chi connectivity index (χ0) is 31.2. The molecule has 0 aliphatic heterocycles. The molecule has 3 aliphatic carbocycles. The van der Waals surface area contributed by atoms with Crippen LogP contribution in [0.15, 0.2) is 109 Å². The van der Waals surface area contributed by atoms with Gasteiger partial charge in [0.25, 0.3) is 0 Å². The number of rotatable bonds is 0. The summed E-state index contributed by atoms with van der Waals surface area (Å²) in [6.07, 6.45) is 3.31. The maximum absolute atomic E-state index is 2.34. The molecule has 45 heavy (non-hydrogen) atoms. The van der Waals surface area contributed by atoms with Crippen LogP contribution in [0.1, 0.15) is 66.8 Å². The number of aryl methyl sites for hydroxylation is 5. The molecular formula is C45H42. The van der Waals surface area contributed by atoms with Crippen molar-refractivity contribution in [1.29, 1.82) is 0 Å². The lowest BCUT2D eigenvalue weighted by atomic mass is 9.97. The Morgan fingerprint density at radius 2 is 0.711 bits per heavy atom. The van der Waals surface area contributed by atoms with Crippen molar-refractivity contribution in [1.82, 2.24) is 0 Å². The quantitative estimate of drug-likeness (QED) is 0.167. The first-order chi connectivity index (χ1) is 21.8. The third kappa shape index (κ3) is 5.33. The van der Waals surface area contributed by atoms with Crippen molar-refractivity contribution >= 4 is 0 Å². The van der Waals surface area contributed by atoms with E-state index in [0.717, 1.165) is 19.3 Å². The van der Waals surface area contributed by atoms with E-state index in [9.17, 15) is 0 Å². The van der Waals surface area contributed by atoms with E-state index < -0.39 is 0 Å². The average molecular weight is 583 g/mol. The second kappa shape index (κ2) is 11.7. The molecule has 0 heterocycles. The molecule has 0 atom stereocenters. The molecule has 0 heteroatoms. The monoisotopic (exact) mass is 582 g/mol. The van der Waals surface area contributed by atoms with Crippen molar-refractivity contribution in [3.63, 3.8) is 0 Å². The molecule has 0 N–H and O–H groups in total. The van der Waals surface area contributed by atoms with Gasteiger partial charge in [0.15, 0.2) is 0 Å². The topological polar surface area (TPSA) is 0 Å². The molecule has 222 valence electrons. The SMILES string of the molecule is Cc1cc2c(cc1C)-c1ccccc1C2.Cc1cc2c(cc1C)-c1ccccc1C2.Cc1ccc2c(c1C)-c1ccccc1C2. The van der Waals surface area contributed by atoms with Crippen molar-refractivity contribution in [2.45, 2.75) is 60.8 Å². The summed E-state index contributed by atoms with van der Waals surface area (Å²) >= 11 is 0. The summed E-state index contributed by atoms with van der Waals surface area (Å²) < 4.78 is 0. The summed E-state index contributed by atoms with van der Waals surface area (Å²) in [5.41, 5.74) is 25.9. The van der Waals surface area contributed by atoms with Crippen LogP contribution >= 0.6 is 0 Å². The standard InChI is InChI=1S/3C15H14/c2*1-10-7-13-9-12-5-3-4-6-14(12)15(13)8-11(10)2;1-10-7-8-13-9-12-5-3-4-6-14(12)15(13)11(10)2/h3*3-8H,9H2,1-2H3. The maximum Gasteiger partial charge on any atom is -0.00133 e. The fraction of sp³-hybridized carbons (Fsp3) is 0.200. The molecule has 0 radical (unpaired) electrons. The number of benzene rings is 6. The van der Waals surface area contributed by atoms with Gasteiger partial charge >= 0.3 is 0 Å². The molecule has 0 nitrogen and oxygen atoms in total. The van der Waals surface area contributed by atoms with Gasteiger partial charge in [-0.1, -0.05) is 109 Å². The molecule has 6 aromatic rings. The van der Waals surface area contributed by atoms with Crippen LogP contribution in [0.4, 0.5) is 0 Å². The second-order valence-corrected chi connectivity index (χ2v) is 13.2. The van der Waals surface area contributed by atoms with E-state index in [1.54, 1.807) is 0 Å². The summed E-state index contributed by atoms with van der Waals surface area (Å²) in [5.74, 6) is 0. The number of fused-ring (bicyclic) bond motifs is 9. The Hall–Kier alpha value is -4.68. The van der Waals surface area contributed by atoms with Gasteiger partial charge in [0, 0.05) is 0 Å². The van der Waals surface area contributed by atoms with Crippen LogP contribution in [0.25, 0.3) is 33.4 Å². The summed E-state index contributed by atoms with van der Waals surface area (Å²) in [7, 11) is 0. The highest BCUT2D eigenvalue weighted by Crippen LogP contribution is 2.40. The smallest absolute Gasteiger partial charge is 0.00133 e. The van der Waals surface area contributed by atoms with E-state index in [0.29, 0.717) is 0 Å². The van der Waals surface area contributed by atoms with Crippen LogP contribution in [0.2, 0.25) is 0 Å². The van der Waals surface area contributed by atoms with E-state index in [1.807, 2.05) is 0 Å². The molecule has 0 saturated carbocycles. The Morgan fingerprint density at radius 3 is 1.22 bits per heavy atom. The van der Waals surface area contributed by atoms with Crippen molar-refractivity contribution < 1.29 is 0 Å².